The third-order valence-corrected chi connectivity index (χ3v) is 7.45. The van der Waals surface area contributed by atoms with Crippen LogP contribution in [0.25, 0.3) is 5.57 Å². The topological polar surface area (TPSA) is 67.2 Å². The van der Waals surface area contributed by atoms with Crippen LogP contribution < -0.4 is 0 Å². The van der Waals surface area contributed by atoms with Crippen LogP contribution in [0.5, 0.6) is 0 Å². The molecule has 2 unspecified atom stereocenters. The van der Waals surface area contributed by atoms with Gasteiger partial charge in [0.05, 0.1) is 6.61 Å². The summed E-state index contributed by atoms with van der Waals surface area (Å²) in [5.74, 6) is 0.599. The highest BCUT2D eigenvalue weighted by molar-refractivity contribution is 6.05. The van der Waals surface area contributed by atoms with Crippen molar-refractivity contribution in [3.8, 4) is 6.07 Å². The number of nitriles is 1. The van der Waals surface area contributed by atoms with Crippen LogP contribution in [-0.2, 0) is 14.3 Å². The first-order chi connectivity index (χ1) is 15.3. The van der Waals surface area contributed by atoms with E-state index in [4.69, 9.17) is 4.74 Å². The summed E-state index contributed by atoms with van der Waals surface area (Å²) in [6.45, 7) is 8.63. The Bertz CT molecular complexity index is 1010. The molecule has 0 heterocycles. The third-order valence-electron chi connectivity index (χ3n) is 7.45. The van der Waals surface area contributed by atoms with E-state index in [0.717, 1.165) is 24.0 Å². The van der Waals surface area contributed by atoms with Gasteiger partial charge in [-0.2, -0.15) is 5.26 Å². The second-order valence-electron chi connectivity index (χ2n) is 9.23. The van der Waals surface area contributed by atoms with E-state index in [1.165, 1.54) is 6.42 Å². The molecule has 2 bridgehead atoms. The summed E-state index contributed by atoms with van der Waals surface area (Å²) in [6, 6.07) is 20.8. The molecular weight excluding hydrogens is 398 g/mol. The van der Waals surface area contributed by atoms with Gasteiger partial charge >= 0.3 is 5.97 Å². The molecule has 2 saturated carbocycles. The first kappa shape index (κ1) is 23.5. The third kappa shape index (κ3) is 4.25. The molecular formula is C28H31NO3. The van der Waals surface area contributed by atoms with Gasteiger partial charge in [0.2, 0.25) is 0 Å². The number of benzene rings is 2. The Morgan fingerprint density at radius 3 is 1.88 bits per heavy atom. The highest BCUT2D eigenvalue weighted by Gasteiger charge is 2.61. The quantitative estimate of drug-likeness (QED) is 0.341. The molecule has 2 aliphatic rings. The molecule has 0 radical (unpaired) electrons. The first-order valence-electron chi connectivity index (χ1n) is 11.2. The highest BCUT2D eigenvalue weighted by atomic mass is 16.5. The molecule has 0 amide bonds. The average Bonchev–Trinajstić information content (AvgIpc) is 3.12. The van der Waals surface area contributed by atoms with Gasteiger partial charge in [-0.1, -0.05) is 81.4 Å². The molecule has 2 fully saturated rings. The van der Waals surface area contributed by atoms with Gasteiger partial charge in [0, 0.05) is 17.4 Å². The van der Waals surface area contributed by atoms with E-state index in [1.54, 1.807) is 6.92 Å². The van der Waals surface area contributed by atoms with Gasteiger partial charge in [0.1, 0.15) is 17.4 Å². The second-order valence-corrected chi connectivity index (χ2v) is 9.23. The average molecular weight is 430 g/mol. The van der Waals surface area contributed by atoms with Gasteiger partial charge in [-0.25, -0.2) is 4.79 Å². The Balaban J connectivity index is 0.000000219. The van der Waals surface area contributed by atoms with Gasteiger partial charge in [0.25, 0.3) is 0 Å². The maximum Gasteiger partial charge on any atom is 0.349 e. The molecule has 0 saturated heterocycles. The lowest BCUT2D eigenvalue weighted by Gasteiger charge is -2.32. The van der Waals surface area contributed by atoms with Gasteiger partial charge in [-0.3, -0.25) is 4.79 Å². The fourth-order valence-electron chi connectivity index (χ4n) is 4.97. The van der Waals surface area contributed by atoms with E-state index in [1.807, 2.05) is 66.7 Å². The summed E-state index contributed by atoms with van der Waals surface area (Å²) in [6.07, 6.45) is 3.25. The van der Waals surface area contributed by atoms with E-state index in [-0.39, 0.29) is 23.0 Å². The van der Waals surface area contributed by atoms with Crippen LogP contribution in [0.4, 0.5) is 0 Å². The summed E-state index contributed by atoms with van der Waals surface area (Å²) >= 11 is 0. The molecule has 0 N–H and O–H groups in total. The lowest BCUT2D eigenvalue weighted by molar-refractivity contribution is -0.138. The maximum absolute atomic E-state index is 12.1. The number of fused-ring (bicyclic) bond motifs is 2. The summed E-state index contributed by atoms with van der Waals surface area (Å²) in [5.41, 5.74) is 2.55. The molecule has 4 rings (SSSR count). The number of carbonyl (C=O) groups is 2. The van der Waals surface area contributed by atoms with E-state index in [2.05, 4.69) is 20.8 Å². The smallest absolute Gasteiger partial charge is 0.349 e. The Kier molecular flexibility index (Phi) is 6.99. The number of Topliss-reactive ketones (excluding diaryl/α,β-unsaturated/α-hetero) is 1. The molecule has 4 nitrogen and oxygen atoms in total. The number of rotatable bonds is 4. The number of carbonyl (C=O) groups excluding carboxylic acids is 2. The number of hydrogen-bond acceptors (Lipinski definition) is 4. The zero-order valence-electron chi connectivity index (χ0n) is 19.4. The molecule has 0 aromatic heterocycles. The van der Waals surface area contributed by atoms with Crippen molar-refractivity contribution in [3.63, 3.8) is 0 Å². The SMILES string of the molecule is CC12CCC(CC1=O)C2(C)C.CCOC(=O)C(C#N)=C(c1ccccc1)c1ccccc1. The molecule has 0 aliphatic heterocycles. The number of ketones is 1. The van der Waals surface area contributed by atoms with Crippen molar-refractivity contribution in [1.29, 1.82) is 5.26 Å². The predicted octanol–water partition coefficient (Wildman–Crippen LogP) is 5.98. The van der Waals surface area contributed by atoms with Gasteiger partial charge in [0.15, 0.2) is 0 Å². The fourth-order valence-corrected chi connectivity index (χ4v) is 4.97. The van der Waals surface area contributed by atoms with E-state index < -0.39 is 5.97 Å². The fraction of sp³-hybridized carbons (Fsp3) is 0.393. The van der Waals surface area contributed by atoms with Crippen molar-refractivity contribution in [2.75, 3.05) is 6.61 Å². The van der Waals surface area contributed by atoms with Crippen molar-refractivity contribution >= 4 is 17.3 Å². The Morgan fingerprint density at radius 2 is 1.56 bits per heavy atom. The largest absolute Gasteiger partial charge is 0.462 e. The van der Waals surface area contributed by atoms with Crippen LogP contribution in [0.15, 0.2) is 66.2 Å². The Hall–Kier alpha value is -3.19. The highest BCUT2D eigenvalue weighted by Crippen LogP contribution is 2.63. The zero-order valence-corrected chi connectivity index (χ0v) is 19.4. The van der Waals surface area contributed by atoms with Crippen LogP contribution in [0, 0.1) is 28.1 Å². The van der Waals surface area contributed by atoms with Gasteiger partial charge in [-0.15, -0.1) is 0 Å². The van der Waals surface area contributed by atoms with Crippen molar-refractivity contribution in [1.82, 2.24) is 0 Å². The van der Waals surface area contributed by atoms with Crippen molar-refractivity contribution < 1.29 is 14.3 Å². The Morgan fingerprint density at radius 1 is 1.03 bits per heavy atom. The molecule has 166 valence electrons. The molecule has 32 heavy (non-hydrogen) atoms. The lowest BCUT2D eigenvalue weighted by atomic mass is 9.70. The van der Waals surface area contributed by atoms with Gasteiger partial charge in [-0.05, 0) is 42.2 Å². The Labute approximate surface area is 190 Å². The normalized spacial score (nSPS) is 22.3. The monoisotopic (exact) mass is 429 g/mol. The zero-order chi connectivity index (χ0) is 23.4. The number of ether oxygens (including phenoxy) is 1. The molecule has 2 aromatic carbocycles. The molecule has 2 aromatic rings. The van der Waals surface area contributed by atoms with E-state index in [9.17, 15) is 14.9 Å². The van der Waals surface area contributed by atoms with E-state index in [0.29, 0.717) is 17.3 Å². The molecule has 2 atom stereocenters. The standard InChI is InChI=1S/C18H15NO2.C10H16O/c1-2-21-18(20)16(13-19)17(14-9-5-3-6-10-14)15-11-7-4-8-12-15;1-9(2)7-4-5-10(9,3)8(11)6-7/h3-12H,2H2,1H3;7H,4-6H2,1-3H3. The summed E-state index contributed by atoms with van der Waals surface area (Å²) in [4.78, 5) is 23.6. The van der Waals surface area contributed by atoms with E-state index >= 15 is 0 Å². The van der Waals surface area contributed by atoms with Crippen LogP contribution in [-0.4, -0.2) is 18.4 Å². The van der Waals surface area contributed by atoms with Crippen molar-refractivity contribution in [3.05, 3.63) is 77.4 Å². The minimum Gasteiger partial charge on any atom is -0.462 e. The second kappa shape index (κ2) is 9.53. The van der Waals surface area contributed by atoms with Crippen LogP contribution in [0.3, 0.4) is 0 Å². The van der Waals surface area contributed by atoms with Gasteiger partial charge < -0.3 is 4.74 Å². The minimum absolute atomic E-state index is 0.0225. The lowest BCUT2D eigenvalue weighted by Crippen LogP contribution is -2.32. The maximum atomic E-state index is 12.1. The molecule has 0 spiro atoms. The minimum atomic E-state index is -0.595. The summed E-state index contributed by atoms with van der Waals surface area (Å²) in [5, 5.41) is 9.41. The summed E-state index contributed by atoms with van der Waals surface area (Å²) < 4.78 is 5.00. The molecule has 2 aliphatic carbocycles. The summed E-state index contributed by atoms with van der Waals surface area (Å²) in [7, 11) is 0. The van der Waals surface area contributed by atoms with Crippen molar-refractivity contribution in [2.24, 2.45) is 16.7 Å². The van der Waals surface area contributed by atoms with Crippen LogP contribution in [0.2, 0.25) is 0 Å². The predicted molar refractivity (Wildman–Crippen MR) is 125 cm³/mol. The van der Waals surface area contributed by atoms with Crippen LogP contribution >= 0.6 is 0 Å². The number of hydrogen-bond donors (Lipinski definition) is 0. The number of nitrogens with zero attached hydrogens (tertiary/aromatic N) is 1. The van der Waals surface area contributed by atoms with Crippen molar-refractivity contribution in [2.45, 2.75) is 47.0 Å². The first-order valence-corrected chi connectivity index (χ1v) is 11.2. The van der Waals surface area contributed by atoms with Crippen LogP contribution in [0.1, 0.15) is 58.1 Å². The molecule has 4 heteroatoms. The number of esters is 1.